The van der Waals surface area contributed by atoms with Crippen LogP contribution in [0.3, 0.4) is 0 Å². The Bertz CT molecular complexity index is 2470. The largest absolute Gasteiger partial charge is 0.0713 e. The Hall–Kier alpha value is -5.72. The van der Waals surface area contributed by atoms with Crippen molar-refractivity contribution in [2.75, 3.05) is 0 Å². The van der Waals surface area contributed by atoms with Crippen molar-refractivity contribution in [1.29, 1.82) is 0 Å². The van der Waals surface area contributed by atoms with Gasteiger partial charge in [-0.05, 0) is 112 Å². The summed E-state index contributed by atoms with van der Waals surface area (Å²) in [5.74, 6) is 0. The molecule has 0 unspecified atom stereocenters. The van der Waals surface area contributed by atoms with Crippen LogP contribution in [0.25, 0.3) is 65.3 Å². The molecule has 0 saturated carbocycles. The first-order valence-corrected chi connectivity index (χ1v) is 15.8. The molecule has 0 N–H and O–H groups in total. The van der Waals surface area contributed by atoms with Crippen LogP contribution < -0.4 is 0 Å². The van der Waals surface area contributed by atoms with Gasteiger partial charge in [0.05, 0.1) is 5.41 Å². The molecule has 45 heavy (non-hydrogen) atoms. The molecule has 0 heteroatoms. The summed E-state index contributed by atoms with van der Waals surface area (Å²) in [5, 5.41) is 10.5. The maximum Gasteiger partial charge on any atom is 0.0713 e. The third-order valence-corrected chi connectivity index (χ3v) is 10.2. The highest BCUT2D eigenvalue weighted by atomic mass is 14.5. The predicted octanol–water partition coefficient (Wildman–Crippen LogP) is 11.8. The fourth-order valence-electron chi connectivity index (χ4n) is 8.37. The first-order chi connectivity index (χ1) is 22.3. The Labute approximate surface area is 262 Å². The summed E-state index contributed by atoms with van der Waals surface area (Å²) in [6, 6.07) is 63.4. The predicted molar refractivity (Wildman–Crippen MR) is 190 cm³/mol. The SMILES string of the molecule is c1ccc(C2(c3ccccc3)c3ccccc3-c3cc4c(-c5cc6ccc7cccc8ccc(c5)c6c78)cccc4cc32)cc1. The highest BCUT2D eigenvalue weighted by Crippen LogP contribution is 2.57. The summed E-state index contributed by atoms with van der Waals surface area (Å²) in [6.45, 7) is 0. The van der Waals surface area contributed by atoms with E-state index in [9.17, 15) is 0 Å². The zero-order valence-electron chi connectivity index (χ0n) is 24.7. The van der Waals surface area contributed by atoms with Crippen molar-refractivity contribution < 1.29 is 0 Å². The molecule has 9 aromatic carbocycles. The van der Waals surface area contributed by atoms with Crippen LogP contribution in [0.1, 0.15) is 22.3 Å². The molecule has 9 aromatic rings. The van der Waals surface area contributed by atoms with Crippen LogP contribution in [0.4, 0.5) is 0 Å². The highest BCUT2D eigenvalue weighted by molar-refractivity contribution is 6.24. The van der Waals surface area contributed by atoms with E-state index >= 15 is 0 Å². The molecule has 1 aliphatic carbocycles. The second-order valence-electron chi connectivity index (χ2n) is 12.5. The van der Waals surface area contributed by atoms with E-state index in [1.807, 2.05) is 0 Å². The van der Waals surface area contributed by atoms with E-state index < -0.39 is 5.41 Å². The van der Waals surface area contributed by atoms with Crippen LogP contribution in [-0.4, -0.2) is 0 Å². The highest BCUT2D eigenvalue weighted by Gasteiger charge is 2.46. The van der Waals surface area contributed by atoms with E-state index in [1.54, 1.807) is 0 Å². The zero-order valence-corrected chi connectivity index (χ0v) is 24.7. The Kier molecular flexibility index (Phi) is 5.02. The minimum atomic E-state index is -0.394. The van der Waals surface area contributed by atoms with Gasteiger partial charge in [-0.15, -0.1) is 0 Å². The molecule has 0 nitrogen and oxygen atoms in total. The Morgan fingerprint density at radius 3 is 1.53 bits per heavy atom. The summed E-state index contributed by atoms with van der Waals surface area (Å²) in [5.41, 5.74) is 10.1. The molecule has 0 saturated heterocycles. The van der Waals surface area contributed by atoms with E-state index in [4.69, 9.17) is 0 Å². The molecule has 0 aliphatic heterocycles. The monoisotopic (exact) mass is 568 g/mol. The summed E-state index contributed by atoms with van der Waals surface area (Å²) in [6.07, 6.45) is 0. The third kappa shape index (κ3) is 3.32. The van der Waals surface area contributed by atoms with E-state index in [0.29, 0.717) is 0 Å². The van der Waals surface area contributed by atoms with Gasteiger partial charge in [-0.1, -0.05) is 146 Å². The fraction of sp³-hybridized carbons (Fsp3) is 0.0222. The van der Waals surface area contributed by atoms with Crippen molar-refractivity contribution in [3.05, 3.63) is 192 Å². The van der Waals surface area contributed by atoms with Gasteiger partial charge >= 0.3 is 0 Å². The molecule has 0 amide bonds. The van der Waals surface area contributed by atoms with Gasteiger partial charge in [0.2, 0.25) is 0 Å². The molecule has 0 radical (unpaired) electrons. The lowest BCUT2D eigenvalue weighted by Gasteiger charge is -2.34. The minimum Gasteiger partial charge on any atom is -0.0622 e. The molecule has 1 aliphatic rings. The number of fused-ring (bicyclic) bond motifs is 4. The van der Waals surface area contributed by atoms with Gasteiger partial charge in [-0.2, -0.15) is 0 Å². The topological polar surface area (TPSA) is 0 Å². The number of rotatable bonds is 3. The van der Waals surface area contributed by atoms with Crippen LogP contribution >= 0.6 is 0 Å². The van der Waals surface area contributed by atoms with Gasteiger partial charge in [-0.25, -0.2) is 0 Å². The Balaban J connectivity index is 1.27. The maximum atomic E-state index is 2.47. The second kappa shape index (κ2) is 9.14. The quantitative estimate of drug-likeness (QED) is 0.186. The van der Waals surface area contributed by atoms with Crippen molar-refractivity contribution >= 4 is 43.1 Å². The normalized spacial score (nSPS) is 13.5. The van der Waals surface area contributed by atoms with E-state index in [-0.39, 0.29) is 0 Å². The van der Waals surface area contributed by atoms with Crippen molar-refractivity contribution in [3.63, 3.8) is 0 Å². The van der Waals surface area contributed by atoms with Crippen LogP contribution in [0.2, 0.25) is 0 Å². The molecule has 0 aromatic heterocycles. The summed E-state index contributed by atoms with van der Waals surface area (Å²) in [4.78, 5) is 0. The van der Waals surface area contributed by atoms with Crippen molar-refractivity contribution in [2.45, 2.75) is 5.41 Å². The first-order valence-electron chi connectivity index (χ1n) is 15.8. The van der Waals surface area contributed by atoms with Crippen LogP contribution in [0.15, 0.2) is 170 Å². The minimum absolute atomic E-state index is 0.394. The van der Waals surface area contributed by atoms with Gasteiger partial charge < -0.3 is 0 Å². The molecule has 0 spiro atoms. The Morgan fingerprint density at radius 2 is 0.844 bits per heavy atom. The standard InChI is InChI=1S/C45H28/c1-3-14-35(15-4-1)45(36-16-5-2-6-17-36)41-20-8-7-18-38(41)40-28-39-31(27-42(40)45)13-10-19-37(39)34-25-32-23-21-29-11-9-12-30-22-24-33(26-34)44(32)43(29)30/h1-28H. The molecular formula is C45H28. The van der Waals surface area contributed by atoms with Gasteiger partial charge in [-0.3, -0.25) is 0 Å². The van der Waals surface area contributed by atoms with Gasteiger partial charge in [0.15, 0.2) is 0 Å². The summed E-state index contributed by atoms with van der Waals surface area (Å²) >= 11 is 0. The van der Waals surface area contributed by atoms with Crippen LogP contribution in [-0.2, 0) is 5.41 Å². The third-order valence-electron chi connectivity index (χ3n) is 10.2. The van der Waals surface area contributed by atoms with E-state index in [2.05, 4.69) is 170 Å². The van der Waals surface area contributed by atoms with Crippen molar-refractivity contribution in [2.24, 2.45) is 0 Å². The smallest absolute Gasteiger partial charge is 0.0622 e. The number of hydrogen-bond acceptors (Lipinski definition) is 0. The van der Waals surface area contributed by atoms with Gasteiger partial charge in [0, 0.05) is 0 Å². The lowest BCUT2D eigenvalue weighted by molar-refractivity contribution is 0.769. The van der Waals surface area contributed by atoms with E-state index in [0.717, 1.165) is 0 Å². The van der Waals surface area contributed by atoms with Crippen molar-refractivity contribution in [1.82, 2.24) is 0 Å². The molecule has 208 valence electrons. The summed E-state index contributed by atoms with van der Waals surface area (Å²) in [7, 11) is 0. The number of hydrogen-bond donors (Lipinski definition) is 0. The summed E-state index contributed by atoms with van der Waals surface area (Å²) < 4.78 is 0. The second-order valence-corrected chi connectivity index (χ2v) is 12.5. The average Bonchev–Trinajstić information content (AvgIpc) is 3.40. The fourth-order valence-corrected chi connectivity index (χ4v) is 8.37. The zero-order chi connectivity index (χ0) is 29.5. The molecule has 0 atom stereocenters. The number of benzene rings is 9. The average molecular weight is 569 g/mol. The lowest BCUT2D eigenvalue weighted by Crippen LogP contribution is -2.28. The van der Waals surface area contributed by atoms with Crippen LogP contribution in [0, 0.1) is 0 Å². The molecule has 0 heterocycles. The van der Waals surface area contributed by atoms with Gasteiger partial charge in [0.25, 0.3) is 0 Å². The molecule has 0 fully saturated rings. The molecule has 10 rings (SSSR count). The maximum absolute atomic E-state index is 2.47. The van der Waals surface area contributed by atoms with E-state index in [1.165, 1.54) is 87.6 Å². The Morgan fingerprint density at radius 1 is 0.311 bits per heavy atom. The molecule has 0 bridgehead atoms. The first kappa shape index (κ1) is 24.7. The van der Waals surface area contributed by atoms with Crippen LogP contribution in [0.5, 0.6) is 0 Å². The van der Waals surface area contributed by atoms with Gasteiger partial charge in [0.1, 0.15) is 0 Å². The lowest BCUT2D eigenvalue weighted by atomic mass is 9.67. The van der Waals surface area contributed by atoms with Crippen molar-refractivity contribution in [3.8, 4) is 22.3 Å². The molecular weight excluding hydrogens is 540 g/mol.